The Kier molecular flexibility index (Phi) is 5.44. The fraction of sp³-hybridized carbons (Fsp3) is 0.500. The zero-order valence-corrected chi connectivity index (χ0v) is 14.0. The third-order valence-electron chi connectivity index (χ3n) is 4.16. The summed E-state index contributed by atoms with van der Waals surface area (Å²) < 4.78 is 10.5. The van der Waals surface area contributed by atoms with E-state index in [2.05, 4.69) is 5.32 Å². The fourth-order valence-electron chi connectivity index (χ4n) is 2.59. The predicted molar refractivity (Wildman–Crippen MR) is 84.7 cm³/mol. The summed E-state index contributed by atoms with van der Waals surface area (Å²) in [6, 6.07) is 5.09. The molecule has 0 radical (unpaired) electrons. The Bertz CT molecular complexity index is 591. The Hall–Kier alpha value is -2.28. The maximum absolute atomic E-state index is 12.4. The number of urea groups is 1. The van der Waals surface area contributed by atoms with E-state index in [1.165, 1.54) is 4.90 Å². The molecule has 23 heavy (non-hydrogen) atoms. The van der Waals surface area contributed by atoms with Crippen molar-refractivity contribution < 1.29 is 24.0 Å². The third kappa shape index (κ3) is 3.73. The van der Waals surface area contributed by atoms with Crippen molar-refractivity contribution in [2.24, 2.45) is 0 Å². The number of ether oxygens (including phenoxy) is 2. The van der Waals surface area contributed by atoms with Crippen molar-refractivity contribution in [1.82, 2.24) is 10.2 Å². The molecule has 0 aromatic heterocycles. The normalized spacial score (nSPS) is 16.7. The summed E-state index contributed by atoms with van der Waals surface area (Å²) in [6.45, 7) is 3.43. The van der Waals surface area contributed by atoms with Crippen molar-refractivity contribution in [3.8, 4) is 11.5 Å². The van der Waals surface area contributed by atoms with Crippen LogP contribution in [0.5, 0.6) is 11.5 Å². The number of methoxy groups -OCH3 is 2. The minimum atomic E-state index is -0.313. The van der Waals surface area contributed by atoms with Crippen LogP contribution in [0.4, 0.5) is 4.79 Å². The van der Waals surface area contributed by atoms with Gasteiger partial charge in [-0.3, -0.25) is 9.69 Å². The second kappa shape index (κ2) is 7.32. The van der Waals surface area contributed by atoms with Gasteiger partial charge >= 0.3 is 6.03 Å². The second-order valence-electron chi connectivity index (χ2n) is 5.66. The molecule has 0 spiro atoms. The molecule has 1 heterocycles. The van der Waals surface area contributed by atoms with Crippen LogP contribution in [0, 0.1) is 0 Å². The van der Waals surface area contributed by atoms with Gasteiger partial charge in [-0.1, -0.05) is 0 Å². The van der Waals surface area contributed by atoms with E-state index >= 15 is 0 Å². The van der Waals surface area contributed by atoms with Crippen LogP contribution in [0.2, 0.25) is 0 Å². The van der Waals surface area contributed by atoms with E-state index in [0.717, 1.165) is 10.5 Å². The zero-order chi connectivity index (χ0) is 17.0. The number of hydrogen-bond acceptors (Lipinski definition) is 4. The molecule has 7 heteroatoms. The fourth-order valence-corrected chi connectivity index (χ4v) is 2.59. The smallest absolute Gasteiger partial charge is 0.324 e. The molecule has 7 nitrogen and oxygen atoms in total. The van der Waals surface area contributed by atoms with Crippen LogP contribution in [0.1, 0.15) is 12.5 Å². The number of amides is 3. The van der Waals surface area contributed by atoms with E-state index in [-0.39, 0.29) is 18.0 Å². The Morgan fingerprint density at radius 3 is 2.61 bits per heavy atom. The molecule has 1 fully saturated rings. The van der Waals surface area contributed by atoms with E-state index in [1.807, 2.05) is 32.2 Å². The Morgan fingerprint density at radius 2 is 2.04 bits per heavy atom. The van der Waals surface area contributed by atoms with E-state index in [0.29, 0.717) is 31.1 Å². The minimum Gasteiger partial charge on any atom is -0.493 e. The number of quaternary nitrogens is 1. The summed E-state index contributed by atoms with van der Waals surface area (Å²) in [4.78, 5) is 26.3. The molecule has 1 saturated heterocycles. The van der Waals surface area contributed by atoms with E-state index in [4.69, 9.17) is 9.47 Å². The van der Waals surface area contributed by atoms with Crippen molar-refractivity contribution in [3.63, 3.8) is 0 Å². The van der Waals surface area contributed by atoms with Gasteiger partial charge in [0, 0.05) is 18.7 Å². The lowest BCUT2D eigenvalue weighted by Crippen LogP contribution is -3.12. The predicted octanol–water partition coefficient (Wildman–Crippen LogP) is -0.341. The highest BCUT2D eigenvalue weighted by Gasteiger charge is 2.33. The molecule has 0 bridgehead atoms. The van der Waals surface area contributed by atoms with E-state index in [9.17, 15) is 9.59 Å². The van der Waals surface area contributed by atoms with Crippen molar-refractivity contribution in [2.45, 2.75) is 19.5 Å². The molecular formula is C16H24N3O4+. The number of carbonyl (C=O) groups is 2. The highest BCUT2D eigenvalue weighted by molar-refractivity contribution is 5.97. The summed E-state index contributed by atoms with van der Waals surface area (Å²) in [5.74, 6) is 1.18. The molecule has 1 aliphatic heterocycles. The summed E-state index contributed by atoms with van der Waals surface area (Å²) in [7, 11) is 5.13. The van der Waals surface area contributed by atoms with Crippen molar-refractivity contribution in [2.75, 3.05) is 34.4 Å². The van der Waals surface area contributed by atoms with Crippen LogP contribution in [0.3, 0.4) is 0 Å². The molecular weight excluding hydrogens is 298 g/mol. The lowest BCUT2D eigenvalue weighted by molar-refractivity contribution is -0.908. The Morgan fingerprint density at radius 1 is 1.35 bits per heavy atom. The van der Waals surface area contributed by atoms with Gasteiger partial charge in [0.25, 0.3) is 5.91 Å². The molecule has 1 aromatic rings. The Labute approximate surface area is 136 Å². The first-order chi connectivity index (χ1) is 11.0. The first-order valence-corrected chi connectivity index (χ1v) is 7.60. The first-order valence-electron chi connectivity index (χ1n) is 7.60. The summed E-state index contributed by atoms with van der Waals surface area (Å²) in [6.07, 6.45) is 0. The SMILES string of the molecule is COc1ccc(C[NH+](C)[C@@H](C)C(=O)N2CCNC2=O)cc1OC. The zero-order valence-electron chi connectivity index (χ0n) is 14.0. The Balaban J connectivity index is 2.04. The van der Waals surface area contributed by atoms with Gasteiger partial charge in [0.2, 0.25) is 0 Å². The quantitative estimate of drug-likeness (QED) is 0.752. The van der Waals surface area contributed by atoms with Crippen LogP contribution in [-0.4, -0.2) is 57.2 Å². The average molecular weight is 322 g/mol. The molecule has 3 amide bonds. The number of rotatable bonds is 6. The van der Waals surface area contributed by atoms with Crippen LogP contribution in [0.15, 0.2) is 18.2 Å². The van der Waals surface area contributed by atoms with Gasteiger partial charge in [-0.2, -0.15) is 0 Å². The maximum atomic E-state index is 12.4. The van der Waals surface area contributed by atoms with Crippen molar-refractivity contribution in [3.05, 3.63) is 23.8 Å². The van der Waals surface area contributed by atoms with Crippen molar-refractivity contribution >= 4 is 11.9 Å². The molecule has 1 aromatic carbocycles. The molecule has 2 N–H and O–H groups in total. The molecule has 0 aliphatic carbocycles. The van der Waals surface area contributed by atoms with Crippen LogP contribution < -0.4 is 19.7 Å². The monoisotopic (exact) mass is 322 g/mol. The van der Waals surface area contributed by atoms with Gasteiger partial charge in [0.1, 0.15) is 6.54 Å². The maximum Gasteiger partial charge on any atom is 0.324 e. The molecule has 2 atom stereocenters. The summed E-state index contributed by atoms with van der Waals surface area (Å²) in [5.41, 5.74) is 1.03. The van der Waals surface area contributed by atoms with Crippen molar-refractivity contribution in [1.29, 1.82) is 0 Å². The lowest BCUT2D eigenvalue weighted by atomic mass is 10.1. The first kappa shape index (κ1) is 17.1. The topological polar surface area (TPSA) is 72.3 Å². The van der Waals surface area contributed by atoms with E-state index < -0.39 is 0 Å². The van der Waals surface area contributed by atoms with E-state index in [1.54, 1.807) is 14.2 Å². The molecule has 126 valence electrons. The third-order valence-corrected chi connectivity index (χ3v) is 4.16. The number of benzene rings is 1. The van der Waals surface area contributed by atoms with Crippen LogP contribution in [0.25, 0.3) is 0 Å². The number of likely N-dealkylation sites (N-methyl/N-ethyl adjacent to an activating group) is 1. The van der Waals surface area contributed by atoms with Gasteiger partial charge in [-0.15, -0.1) is 0 Å². The average Bonchev–Trinajstić information content (AvgIpc) is 2.99. The second-order valence-corrected chi connectivity index (χ2v) is 5.66. The standard InChI is InChI=1S/C16H23N3O4/c1-11(15(20)19-8-7-17-16(19)21)18(2)10-12-5-6-13(22-3)14(9-12)23-4/h5-6,9,11H,7-8,10H2,1-4H3,(H,17,21)/p+1/t11-/m0/s1. The summed E-state index contributed by atoms with van der Waals surface area (Å²) >= 11 is 0. The highest BCUT2D eigenvalue weighted by Crippen LogP contribution is 2.27. The number of nitrogens with zero attached hydrogens (tertiary/aromatic N) is 1. The van der Waals surface area contributed by atoms with Gasteiger partial charge < -0.3 is 19.7 Å². The molecule has 1 unspecified atom stereocenters. The number of hydrogen-bond donors (Lipinski definition) is 2. The number of imide groups is 1. The summed E-state index contributed by atoms with van der Waals surface area (Å²) in [5, 5.41) is 2.65. The number of carbonyl (C=O) groups excluding carboxylic acids is 2. The molecule has 2 rings (SSSR count). The highest BCUT2D eigenvalue weighted by atomic mass is 16.5. The van der Waals surface area contributed by atoms with Crippen LogP contribution >= 0.6 is 0 Å². The number of nitrogens with one attached hydrogen (secondary N) is 2. The minimum absolute atomic E-state index is 0.155. The van der Waals surface area contributed by atoms with Gasteiger partial charge in [-0.25, -0.2) is 4.79 Å². The van der Waals surface area contributed by atoms with Gasteiger partial charge in [0.05, 0.1) is 21.3 Å². The molecule has 0 saturated carbocycles. The largest absolute Gasteiger partial charge is 0.493 e. The molecule has 1 aliphatic rings. The van der Waals surface area contributed by atoms with Crippen LogP contribution in [-0.2, 0) is 11.3 Å². The van der Waals surface area contributed by atoms with Gasteiger partial charge in [-0.05, 0) is 25.1 Å². The lowest BCUT2D eigenvalue weighted by Gasteiger charge is -2.24. The van der Waals surface area contributed by atoms with Gasteiger partial charge in [0.15, 0.2) is 17.5 Å².